The molecule has 0 amide bonds. The first-order valence-electron chi connectivity index (χ1n) is 19.4. The van der Waals surface area contributed by atoms with E-state index in [1.54, 1.807) is 57.7 Å². The lowest BCUT2D eigenvalue weighted by molar-refractivity contribution is -0.139. The number of benzene rings is 8. The summed E-state index contributed by atoms with van der Waals surface area (Å²) >= 11 is 0. The molecule has 0 aliphatic heterocycles. The number of para-hydroxylation sites is 2. The molecule has 0 radical (unpaired) electrons. The summed E-state index contributed by atoms with van der Waals surface area (Å²) in [5.74, 6) is 0. The highest BCUT2D eigenvalue weighted by atomic mass is 19.4. The second-order valence-electron chi connectivity index (χ2n) is 15.1. The van der Waals surface area contributed by atoms with Crippen LogP contribution in [0.3, 0.4) is 0 Å². The normalized spacial score (nSPS) is 12.6. The van der Waals surface area contributed by atoms with Crippen LogP contribution in [0.5, 0.6) is 0 Å². The summed E-state index contributed by atoms with van der Waals surface area (Å²) in [4.78, 5) is 0. The Kier molecular flexibility index (Phi) is 8.88. The quantitative estimate of drug-likeness (QED) is 0.153. The molecule has 62 heavy (non-hydrogen) atoms. The van der Waals surface area contributed by atoms with E-state index < -0.39 is 46.3 Å². The van der Waals surface area contributed by atoms with Crippen LogP contribution in [0.15, 0.2) is 176 Å². The molecule has 0 fully saturated rings. The van der Waals surface area contributed by atoms with Gasteiger partial charge in [0.25, 0.3) is 0 Å². The second kappa shape index (κ2) is 14.2. The van der Waals surface area contributed by atoms with Gasteiger partial charge in [-0.25, -0.2) is 0 Å². The standard InChI is InChI=1S/C51H29F9N2/c52-49(53,54)34-18-14-31(15-19-34)33-17-25-48-42(27-33)38-11-5-7-13-46(38)62(48)36-21-23-44(51(58,59)60)40(29-36)39-28-35(20-22-43(39)50(55,56)57)61-45-12-6-4-10-37(45)41-26-32(16-24-47(41)61)30-8-2-1-3-9-30/h1-29H. The molecule has 0 unspecified atom stereocenters. The predicted molar refractivity (Wildman–Crippen MR) is 226 cm³/mol. The van der Waals surface area contributed by atoms with E-state index >= 15 is 26.3 Å². The number of fused-ring (bicyclic) bond motifs is 6. The number of nitrogens with zero attached hydrogens (tertiary/aromatic N) is 2. The van der Waals surface area contributed by atoms with Crippen molar-refractivity contribution in [3.8, 4) is 44.8 Å². The molecule has 8 aromatic carbocycles. The Bertz CT molecular complexity index is 3350. The van der Waals surface area contributed by atoms with E-state index in [0.29, 0.717) is 44.0 Å². The SMILES string of the molecule is FC(F)(F)c1ccc(-c2ccc3c(c2)c2ccccc2n3-c2ccc(C(F)(F)F)c(-c3cc(-n4c5ccccc5c5cc(-c6ccccc6)ccc54)ccc3C(F)(F)F)c2)cc1. The Hall–Kier alpha value is -7.27. The van der Waals surface area contributed by atoms with E-state index in [2.05, 4.69) is 0 Å². The maximum absolute atomic E-state index is 15.1. The maximum atomic E-state index is 15.1. The lowest BCUT2D eigenvalue weighted by Crippen LogP contribution is -2.12. The van der Waals surface area contributed by atoms with Crippen LogP contribution in [0.4, 0.5) is 39.5 Å². The first kappa shape index (κ1) is 38.9. The number of hydrogen-bond donors (Lipinski definition) is 0. The first-order valence-corrected chi connectivity index (χ1v) is 19.4. The molecule has 0 saturated carbocycles. The third-order valence-corrected chi connectivity index (χ3v) is 11.4. The van der Waals surface area contributed by atoms with Gasteiger partial charge in [-0.3, -0.25) is 0 Å². The van der Waals surface area contributed by atoms with Gasteiger partial charge in [-0.1, -0.05) is 91.0 Å². The van der Waals surface area contributed by atoms with Crippen molar-refractivity contribution in [1.29, 1.82) is 0 Å². The van der Waals surface area contributed by atoms with Crippen molar-refractivity contribution in [3.63, 3.8) is 0 Å². The molecule has 10 rings (SSSR count). The monoisotopic (exact) mass is 840 g/mol. The average Bonchev–Trinajstić information content (AvgIpc) is 3.77. The Balaban J connectivity index is 1.18. The fourth-order valence-electron chi connectivity index (χ4n) is 8.63. The highest BCUT2D eigenvalue weighted by molar-refractivity contribution is 6.11. The topological polar surface area (TPSA) is 9.86 Å². The van der Waals surface area contributed by atoms with Crippen molar-refractivity contribution in [3.05, 3.63) is 193 Å². The first-order chi connectivity index (χ1) is 29.6. The molecule has 2 heterocycles. The summed E-state index contributed by atoms with van der Waals surface area (Å²) in [6, 6.07) is 46.2. The third-order valence-electron chi connectivity index (χ3n) is 11.4. The Morgan fingerprint density at radius 3 is 1.11 bits per heavy atom. The van der Waals surface area contributed by atoms with Gasteiger partial charge in [0.1, 0.15) is 0 Å². The van der Waals surface area contributed by atoms with Gasteiger partial charge >= 0.3 is 18.5 Å². The van der Waals surface area contributed by atoms with E-state index in [1.165, 1.54) is 30.3 Å². The van der Waals surface area contributed by atoms with Crippen LogP contribution in [-0.2, 0) is 18.5 Å². The van der Waals surface area contributed by atoms with Gasteiger partial charge in [0.2, 0.25) is 0 Å². The molecular weight excluding hydrogens is 812 g/mol. The third kappa shape index (κ3) is 6.55. The van der Waals surface area contributed by atoms with Crippen LogP contribution in [0, 0.1) is 0 Å². The van der Waals surface area contributed by atoms with Gasteiger partial charge in [0.15, 0.2) is 0 Å². The molecule has 2 aromatic heterocycles. The van der Waals surface area contributed by atoms with Crippen LogP contribution < -0.4 is 0 Å². The molecule has 10 aromatic rings. The molecule has 0 aliphatic carbocycles. The number of hydrogen-bond acceptors (Lipinski definition) is 0. The highest BCUT2D eigenvalue weighted by Crippen LogP contribution is 2.46. The summed E-state index contributed by atoms with van der Waals surface area (Å²) in [7, 11) is 0. The Morgan fingerprint density at radius 1 is 0.290 bits per heavy atom. The molecule has 0 saturated heterocycles. The van der Waals surface area contributed by atoms with Crippen LogP contribution in [0.1, 0.15) is 16.7 Å². The van der Waals surface area contributed by atoms with Crippen LogP contribution >= 0.6 is 0 Å². The van der Waals surface area contributed by atoms with Gasteiger partial charge in [-0.2, -0.15) is 39.5 Å². The van der Waals surface area contributed by atoms with Crippen molar-refractivity contribution in [1.82, 2.24) is 9.13 Å². The maximum Gasteiger partial charge on any atom is 0.417 e. The summed E-state index contributed by atoms with van der Waals surface area (Å²) in [5, 5.41) is 2.94. The lowest BCUT2D eigenvalue weighted by atomic mass is 9.93. The average molecular weight is 841 g/mol. The molecule has 0 atom stereocenters. The van der Waals surface area contributed by atoms with E-state index in [0.717, 1.165) is 52.2 Å². The molecule has 0 bridgehead atoms. The molecule has 0 N–H and O–H groups in total. The van der Waals surface area contributed by atoms with Crippen LogP contribution in [0.25, 0.3) is 88.4 Å². The molecule has 0 spiro atoms. The zero-order valence-corrected chi connectivity index (χ0v) is 32.0. The van der Waals surface area contributed by atoms with Crippen molar-refractivity contribution in [2.24, 2.45) is 0 Å². The predicted octanol–water partition coefficient (Wildman–Crippen LogP) is 15.9. The zero-order chi connectivity index (χ0) is 43.1. The minimum absolute atomic E-state index is 0.172. The molecular formula is C51H29F9N2. The fraction of sp³-hybridized carbons (Fsp3) is 0.0588. The van der Waals surface area contributed by atoms with E-state index in [-0.39, 0.29) is 11.4 Å². The second-order valence-corrected chi connectivity index (χ2v) is 15.1. The van der Waals surface area contributed by atoms with Gasteiger partial charge < -0.3 is 9.13 Å². The summed E-state index contributed by atoms with van der Waals surface area (Å²) < 4.78 is 134. The number of halogens is 9. The zero-order valence-electron chi connectivity index (χ0n) is 32.0. The van der Waals surface area contributed by atoms with E-state index in [9.17, 15) is 13.2 Å². The van der Waals surface area contributed by atoms with Crippen molar-refractivity contribution in [2.45, 2.75) is 18.5 Å². The van der Waals surface area contributed by atoms with Crippen LogP contribution in [-0.4, -0.2) is 9.13 Å². The van der Waals surface area contributed by atoms with E-state index in [4.69, 9.17) is 0 Å². The Morgan fingerprint density at radius 2 is 0.677 bits per heavy atom. The minimum Gasteiger partial charge on any atom is -0.309 e. The van der Waals surface area contributed by atoms with Gasteiger partial charge in [-0.15, -0.1) is 0 Å². The smallest absolute Gasteiger partial charge is 0.309 e. The molecule has 2 nitrogen and oxygen atoms in total. The van der Waals surface area contributed by atoms with Crippen molar-refractivity contribution >= 4 is 43.6 Å². The van der Waals surface area contributed by atoms with Crippen molar-refractivity contribution in [2.75, 3.05) is 0 Å². The number of alkyl halides is 9. The minimum atomic E-state index is -5.04. The molecule has 306 valence electrons. The largest absolute Gasteiger partial charge is 0.417 e. The summed E-state index contributed by atoms with van der Waals surface area (Å²) in [5.41, 5.74) is 1.18. The Labute approximate surface area is 347 Å². The summed E-state index contributed by atoms with van der Waals surface area (Å²) in [6.07, 6.45) is -14.6. The number of rotatable bonds is 5. The van der Waals surface area contributed by atoms with Gasteiger partial charge in [-0.05, 0) is 118 Å². The molecule has 0 aliphatic rings. The lowest BCUT2D eigenvalue weighted by Gasteiger charge is -2.21. The van der Waals surface area contributed by atoms with Gasteiger partial charge in [0, 0.05) is 32.9 Å². The van der Waals surface area contributed by atoms with Crippen molar-refractivity contribution < 1.29 is 39.5 Å². The molecule has 11 heteroatoms. The van der Waals surface area contributed by atoms with Gasteiger partial charge in [0.05, 0.1) is 38.8 Å². The highest BCUT2D eigenvalue weighted by Gasteiger charge is 2.39. The number of aromatic nitrogens is 2. The summed E-state index contributed by atoms with van der Waals surface area (Å²) in [6.45, 7) is 0. The van der Waals surface area contributed by atoms with Crippen LogP contribution in [0.2, 0.25) is 0 Å². The van der Waals surface area contributed by atoms with E-state index in [1.807, 2.05) is 66.7 Å². The fourth-order valence-corrected chi connectivity index (χ4v) is 8.63.